The lowest BCUT2D eigenvalue weighted by Gasteiger charge is -2.10. The number of nitrogens with one attached hydrogen (secondary N) is 2. The zero-order valence-electron chi connectivity index (χ0n) is 12.5. The summed E-state index contributed by atoms with van der Waals surface area (Å²) in [5, 5.41) is 6.20. The van der Waals surface area contributed by atoms with Gasteiger partial charge in [0.15, 0.2) is 0 Å². The fourth-order valence-corrected chi connectivity index (χ4v) is 2.17. The van der Waals surface area contributed by atoms with Gasteiger partial charge in [0.05, 0.1) is 19.0 Å². The zero-order valence-corrected chi connectivity index (χ0v) is 12.5. The van der Waals surface area contributed by atoms with E-state index in [9.17, 15) is 4.79 Å². The van der Waals surface area contributed by atoms with Gasteiger partial charge in [0.2, 0.25) is 0 Å². The molecule has 0 spiro atoms. The van der Waals surface area contributed by atoms with Crippen molar-refractivity contribution < 1.29 is 9.53 Å². The van der Waals surface area contributed by atoms with Crippen LogP contribution in [-0.2, 0) is 6.54 Å². The number of para-hydroxylation sites is 1. The molecule has 2 aromatic rings. The van der Waals surface area contributed by atoms with Crippen LogP contribution in [-0.4, -0.2) is 24.0 Å². The number of methoxy groups -OCH3 is 1. The number of nitrogens with zero attached hydrogens (tertiary/aromatic N) is 1. The van der Waals surface area contributed by atoms with Crippen LogP contribution in [0.15, 0.2) is 42.6 Å². The van der Waals surface area contributed by atoms with E-state index in [1.165, 1.54) is 0 Å². The molecule has 0 saturated heterocycles. The smallest absolute Gasteiger partial charge is 0.270 e. The molecule has 0 aliphatic heterocycles. The Morgan fingerprint density at radius 3 is 2.77 bits per heavy atom. The highest BCUT2D eigenvalue weighted by molar-refractivity contribution is 5.92. The monoisotopic (exact) mass is 297 g/mol. The first-order valence-electron chi connectivity index (χ1n) is 7.39. The second-order valence-electron chi connectivity index (χ2n) is 5.35. The second-order valence-corrected chi connectivity index (χ2v) is 5.35. The summed E-state index contributed by atoms with van der Waals surface area (Å²) >= 11 is 0. The Morgan fingerprint density at radius 2 is 2.09 bits per heavy atom. The summed E-state index contributed by atoms with van der Waals surface area (Å²) < 4.78 is 5.32. The Morgan fingerprint density at radius 1 is 1.27 bits per heavy atom. The minimum atomic E-state index is -0.0984. The van der Waals surface area contributed by atoms with Crippen molar-refractivity contribution in [1.82, 2.24) is 10.3 Å². The Bertz CT molecular complexity index is 651. The molecule has 0 atom stereocenters. The first kappa shape index (κ1) is 14.4. The van der Waals surface area contributed by atoms with Crippen LogP contribution < -0.4 is 15.4 Å². The van der Waals surface area contributed by atoms with Crippen LogP contribution in [0, 0.1) is 0 Å². The molecule has 0 radical (unpaired) electrons. The van der Waals surface area contributed by atoms with E-state index in [-0.39, 0.29) is 5.91 Å². The number of aromatic nitrogens is 1. The average Bonchev–Trinajstić information content (AvgIpc) is 3.37. The summed E-state index contributed by atoms with van der Waals surface area (Å²) in [7, 11) is 1.66. The van der Waals surface area contributed by atoms with E-state index < -0.39 is 0 Å². The molecule has 0 bridgehead atoms. The van der Waals surface area contributed by atoms with Gasteiger partial charge in [-0.15, -0.1) is 0 Å². The van der Waals surface area contributed by atoms with Gasteiger partial charge in [0.1, 0.15) is 11.4 Å². The molecule has 2 N–H and O–H groups in total. The number of hydrogen-bond donors (Lipinski definition) is 2. The predicted molar refractivity (Wildman–Crippen MR) is 85.0 cm³/mol. The number of benzene rings is 1. The van der Waals surface area contributed by atoms with E-state index in [1.54, 1.807) is 19.4 Å². The van der Waals surface area contributed by atoms with E-state index >= 15 is 0 Å². The van der Waals surface area contributed by atoms with Crippen molar-refractivity contribution in [1.29, 1.82) is 0 Å². The average molecular weight is 297 g/mol. The van der Waals surface area contributed by atoms with Gasteiger partial charge in [-0.25, -0.2) is 4.98 Å². The summed E-state index contributed by atoms with van der Waals surface area (Å²) in [4.78, 5) is 16.1. The molecule has 1 fully saturated rings. The van der Waals surface area contributed by atoms with Crippen molar-refractivity contribution in [2.24, 2.45) is 0 Å². The van der Waals surface area contributed by atoms with Crippen LogP contribution in [0.5, 0.6) is 5.75 Å². The highest BCUT2D eigenvalue weighted by atomic mass is 16.5. The largest absolute Gasteiger partial charge is 0.496 e. The topological polar surface area (TPSA) is 63.2 Å². The number of hydrogen-bond acceptors (Lipinski definition) is 4. The van der Waals surface area contributed by atoms with Crippen LogP contribution in [0.1, 0.15) is 28.9 Å². The summed E-state index contributed by atoms with van der Waals surface area (Å²) in [6.07, 6.45) is 3.83. The number of anilines is 1. The lowest BCUT2D eigenvalue weighted by Crippen LogP contribution is -2.26. The second kappa shape index (κ2) is 6.47. The fourth-order valence-electron chi connectivity index (χ4n) is 2.17. The van der Waals surface area contributed by atoms with Crippen molar-refractivity contribution in [3.8, 4) is 5.75 Å². The molecule has 3 rings (SSSR count). The molecule has 1 saturated carbocycles. The van der Waals surface area contributed by atoms with Gasteiger partial charge in [0, 0.05) is 18.2 Å². The maximum absolute atomic E-state index is 11.9. The van der Waals surface area contributed by atoms with Crippen LogP contribution in [0.25, 0.3) is 0 Å². The number of rotatable bonds is 6. The lowest BCUT2D eigenvalue weighted by atomic mass is 10.2. The summed E-state index contributed by atoms with van der Waals surface area (Å²) in [5.41, 5.74) is 2.39. The van der Waals surface area contributed by atoms with Crippen molar-refractivity contribution in [3.05, 3.63) is 53.9 Å². The molecule has 5 nitrogen and oxygen atoms in total. The third kappa shape index (κ3) is 3.55. The Hall–Kier alpha value is -2.56. The minimum Gasteiger partial charge on any atom is -0.496 e. The Balaban J connectivity index is 1.59. The van der Waals surface area contributed by atoms with Gasteiger partial charge in [-0.1, -0.05) is 18.2 Å². The maximum atomic E-state index is 11.9. The van der Waals surface area contributed by atoms with Gasteiger partial charge in [-0.2, -0.15) is 0 Å². The van der Waals surface area contributed by atoms with Gasteiger partial charge in [0.25, 0.3) is 5.91 Å². The van der Waals surface area contributed by atoms with Gasteiger partial charge < -0.3 is 15.4 Å². The Labute approximate surface area is 129 Å². The normalized spacial score (nSPS) is 13.5. The molecule has 1 amide bonds. The van der Waals surface area contributed by atoms with E-state index in [0.717, 1.165) is 29.8 Å². The first-order valence-corrected chi connectivity index (χ1v) is 7.39. The summed E-state index contributed by atoms with van der Waals surface area (Å²) in [5.74, 6) is 0.752. The molecule has 22 heavy (non-hydrogen) atoms. The first-order chi connectivity index (χ1) is 10.8. The molecule has 1 aliphatic rings. The molecule has 1 heterocycles. The number of carbonyl (C=O) groups excluding carboxylic acids is 1. The fraction of sp³-hybridized carbons (Fsp3) is 0.294. The number of carbonyl (C=O) groups is 1. The summed E-state index contributed by atoms with van der Waals surface area (Å²) in [6, 6.07) is 11.8. The van der Waals surface area contributed by atoms with E-state index in [2.05, 4.69) is 15.6 Å². The third-order valence-electron chi connectivity index (χ3n) is 3.58. The predicted octanol–water partition coefficient (Wildman–Crippen LogP) is 2.59. The molecule has 1 aromatic heterocycles. The number of pyridine rings is 1. The van der Waals surface area contributed by atoms with Crippen molar-refractivity contribution in [2.75, 3.05) is 12.4 Å². The van der Waals surface area contributed by atoms with Crippen LogP contribution in [0.2, 0.25) is 0 Å². The zero-order chi connectivity index (χ0) is 15.4. The molecular formula is C17H19N3O2. The third-order valence-corrected chi connectivity index (χ3v) is 3.58. The SMILES string of the molecule is COc1ccccc1CNc1ccc(C(=O)NC2CC2)nc1. The van der Waals surface area contributed by atoms with Crippen LogP contribution in [0.3, 0.4) is 0 Å². The van der Waals surface area contributed by atoms with Crippen LogP contribution >= 0.6 is 0 Å². The standard InChI is InChI=1S/C17H19N3O2/c1-22-16-5-3-2-4-12(16)10-18-14-8-9-15(19-11-14)17(21)20-13-6-7-13/h2-5,8-9,11,13,18H,6-7,10H2,1H3,(H,20,21). The molecule has 1 aromatic carbocycles. The van der Waals surface area contributed by atoms with Gasteiger partial charge in [-0.05, 0) is 31.0 Å². The van der Waals surface area contributed by atoms with Crippen molar-refractivity contribution >= 4 is 11.6 Å². The molecule has 0 unspecified atom stereocenters. The molecular weight excluding hydrogens is 278 g/mol. The highest BCUT2D eigenvalue weighted by Gasteiger charge is 2.24. The van der Waals surface area contributed by atoms with Crippen LogP contribution in [0.4, 0.5) is 5.69 Å². The highest BCUT2D eigenvalue weighted by Crippen LogP contribution is 2.20. The van der Waals surface area contributed by atoms with Crippen molar-refractivity contribution in [2.45, 2.75) is 25.4 Å². The molecule has 114 valence electrons. The van der Waals surface area contributed by atoms with E-state index in [1.807, 2.05) is 30.3 Å². The quantitative estimate of drug-likeness (QED) is 0.860. The van der Waals surface area contributed by atoms with Gasteiger partial charge >= 0.3 is 0 Å². The van der Waals surface area contributed by atoms with E-state index in [4.69, 9.17) is 4.74 Å². The Kier molecular flexibility index (Phi) is 4.23. The number of amides is 1. The maximum Gasteiger partial charge on any atom is 0.270 e. The molecule has 5 heteroatoms. The molecule has 1 aliphatic carbocycles. The van der Waals surface area contributed by atoms with E-state index in [0.29, 0.717) is 18.3 Å². The number of ether oxygens (including phenoxy) is 1. The van der Waals surface area contributed by atoms with Gasteiger partial charge in [-0.3, -0.25) is 4.79 Å². The summed E-state index contributed by atoms with van der Waals surface area (Å²) in [6.45, 7) is 0.638. The van der Waals surface area contributed by atoms with Crippen molar-refractivity contribution in [3.63, 3.8) is 0 Å². The lowest BCUT2D eigenvalue weighted by molar-refractivity contribution is 0.0946. The minimum absolute atomic E-state index is 0.0984.